The second kappa shape index (κ2) is 4.42. The number of aliphatic hydroxyl groups is 1. The number of hydrogen-bond acceptors (Lipinski definition) is 2. The van der Waals surface area contributed by atoms with Gasteiger partial charge >= 0.3 is 0 Å². The number of rotatable bonds is 2. The Morgan fingerprint density at radius 1 is 1.25 bits per heavy atom. The highest BCUT2D eigenvalue weighted by molar-refractivity contribution is 6.31. The Bertz CT molecular complexity index is 523. The molecule has 0 saturated carbocycles. The Balaban J connectivity index is 2.55. The van der Waals surface area contributed by atoms with E-state index >= 15 is 0 Å². The van der Waals surface area contributed by atoms with Gasteiger partial charge in [0.05, 0.1) is 0 Å². The van der Waals surface area contributed by atoms with Crippen molar-refractivity contribution in [2.75, 3.05) is 0 Å². The zero-order valence-corrected chi connectivity index (χ0v) is 9.83. The van der Waals surface area contributed by atoms with Gasteiger partial charge in [0.2, 0.25) is 0 Å². The van der Waals surface area contributed by atoms with Gasteiger partial charge < -0.3 is 10.8 Å². The van der Waals surface area contributed by atoms with Gasteiger partial charge in [0.25, 0.3) is 0 Å². The maximum absolute atomic E-state index is 9.21. The minimum atomic E-state index is -0.810. The summed E-state index contributed by atoms with van der Waals surface area (Å²) in [5.74, 6) is 0. The third-order valence-electron chi connectivity index (χ3n) is 2.69. The van der Waals surface area contributed by atoms with Crippen molar-refractivity contribution in [2.45, 2.75) is 19.6 Å². The van der Waals surface area contributed by atoms with Gasteiger partial charge in [0, 0.05) is 11.4 Å². The van der Waals surface area contributed by atoms with E-state index in [0.717, 1.165) is 26.9 Å². The SMILES string of the molecule is Cc1cc2ccc(Cl)cc2cc1CC(N)O. The molecule has 0 saturated heterocycles. The van der Waals surface area contributed by atoms with Crippen LogP contribution in [0.15, 0.2) is 30.3 Å². The van der Waals surface area contributed by atoms with Crippen molar-refractivity contribution in [1.82, 2.24) is 0 Å². The molecular weight excluding hydrogens is 222 g/mol. The molecule has 2 aromatic carbocycles. The van der Waals surface area contributed by atoms with E-state index in [2.05, 4.69) is 6.07 Å². The van der Waals surface area contributed by atoms with Crippen molar-refractivity contribution in [3.8, 4) is 0 Å². The molecule has 0 aliphatic carbocycles. The zero-order chi connectivity index (χ0) is 11.7. The van der Waals surface area contributed by atoms with E-state index in [4.69, 9.17) is 17.3 Å². The number of benzene rings is 2. The van der Waals surface area contributed by atoms with E-state index in [9.17, 15) is 5.11 Å². The molecule has 3 heteroatoms. The molecule has 3 N–H and O–H groups in total. The summed E-state index contributed by atoms with van der Waals surface area (Å²) in [6.07, 6.45) is -0.343. The van der Waals surface area contributed by atoms with E-state index in [1.54, 1.807) is 0 Å². The highest BCUT2D eigenvalue weighted by Crippen LogP contribution is 2.23. The predicted molar refractivity (Wildman–Crippen MR) is 67.6 cm³/mol. The maximum atomic E-state index is 9.21. The molecule has 0 amide bonds. The third-order valence-corrected chi connectivity index (χ3v) is 2.92. The van der Waals surface area contributed by atoms with Crippen molar-refractivity contribution >= 4 is 22.4 Å². The summed E-state index contributed by atoms with van der Waals surface area (Å²) in [6.45, 7) is 2.02. The Labute approximate surface area is 99.6 Å². The topological polar surface area (TPSA) is 46.2 Å². The molecule has 0 aliphatic heterocycles. The first-order chi connectivity index (χ1) is 7.56. The minimum Gasteiger partial charge on any atom is -0.378 e. The standard InChI is InChI=1S/C13H14ClNO/c1-8-4-9-2-3-12(14)6-11(9)5-10(8)7-13(15)16/h2-6,13,16H,7,15H2,1H3. The minimum absolute atomic E-state index is 0.467. The fourth-order valence-electron chi connectivity index (χ4n) is 1.87. The van der Waals surface area contributed by atoms with Crippen LogP contribution in [-0.2, 0) is 6.42 Å². The lowest BCUT2D eigenvalue weighted by atomic mass is 9.99. The Morgan fingerprint density at radius 2 is 2.00 bits per heavy atom. The predicted octanol–water partition coefficient (Wildman–Crippen LogP) is 2.62. The Morgan fingerprint density at radius 3 is 2.69 bits per heavy atom. The molecule has 84 valence electrons. The second-order valence-electron chi connectivity index (χ2n) is 4.04. The largest absolute Gasteiger partial charge is 0.378 e. The summed E-state index contributed by atoms with van der Waals surface area (Å²) in [7, 11) is 0. The quantitative estimate of drug-likeness (QED) is 0.786. The van der Waals surface area contributed by atoms with Crippen molar-refractivity contribution < 1.29 is 5.11 Å². The lowest BCUT2D eigenvalue weighted by molar-refractivity contribution is 0.183. The summed E-state index contributed by atoms with van der Waals surface area (Å²) < 4.78 is 0. The highest BCUT2D eigenvalue weighted by atomic mass is 35.5. The molecule has 0 aromatic heterocycles. The maximum Gasteiger partial charge on any atom is 0.106 e. The molecule has 0 bridgehead atoms. The molecule has 0 fully saturated rings. The molecule has 0 heterocycles. The van der Waals surface area contributed by atoms with Crippen LogP contribution < -0.4 is 5.73 Å². The van der Waals surface area contributed by atoms with Gasteiger partial charge in [0.1, 0.15) is 6.23 Å². The fourth-order valence-corrected chi connectivity index (χ4v) is 2.06. The van der Waals surface area contributed by atoms with Crippen LogP contribution in [0.2, 0.25) is 5.02 Å². The van der Waals surface area contributed by atoms with Gasteiger partial charge in [-0.05, 0) is 41.0 Å². The molecule has 1 unspecified atom stereocenters. The normalized spacial score (nSPS) is 13.0. The van der Waals surface area contributed by atoms with E-state index in [1.807, 2.05) is 31.2 Å². The first kappa shape index (κ1) is 11.4. The summed E-state index contributed by atoms with van der Waals surface area (Å²) in [5.41, 5.74) is 7.60. The van der Waals surface area contributed by atoms with Gasteiger partial charge in [0.15, 0.2) is 0 Å². The van der Waals surface area contributed by atoms with Crippen LogP contribution in [0.1, 0.15) is 11.1 Å². The number of nitrogens with two attached hydrogens (primary N) is 1. The summed E-state index contributed by atoms with van der Waals surface area (Å²) >= 11 is 5.94. The van der Waals surface area contributed by atoms with Crippen molar-refractivity contribution in [1.29, 1.82) is 0 Å². The van der Waals surface area contributed by atoms with Crippen molar-refractivity contribution in [3.05, 3.63) is 46.5 Å². The number of hydrogen-bond donors (Lipinski definition) is 2. The highest BCUT2D eigenvalue weighted by Gasteiger charge is 2.05. The van der Waals surface area contributed by atoms with Crippen molar-refractivity contribution in [3.63, 3.8) is 0 Å². The number of halogens is 1. The lowest BCUT2D eigenvalue weighted by Gasteiger charge is -2.10. The average Bonchev–Trinajstić information content (AvgIpc) is 2.19. The van der Waals surface area contributed by atoms with Crippen LogP contribution in [0.4, 0.5) is 0 Å². The summed E-state index contributed by atoms with van der Waals surface area (Å²) in [4.78, 5) is 0. The van der Waals surface area contributed by atoms with Gasteiger partial charge in [-0.3, -0.25) is 0 Å². The Hall–Kier alpha value is -1.09. The second-order valence-corrected chi connectivity index (χ2v) is 4.48. The average molecular weight is 236 g/mol. The van der Waals surface area contributed by atoms with E-state index in [0.29, 0.717) is 6.42 Å². The van der Waals surface area contributed by atoms with Crippen LogP contribution in [0.5, 0.6) is 0 Å². The first-order valence-corrected chi connectivity index (χ1v) is 5.56. The van der Waals surface area contributed by atoms with Crippen molar-refractivity contribution in [2.24, 2.45) is 5.73 Å². The molecule has 2 nitrogen and oxygen atoms in total. The van der Waals surface area contributed by atoms with Gasteiger partial charge in [-0.25, -0.2) is 0 Å². The smallest absolute Gasteiger partial charge is 0.106 e. The lowest BCUT2D eigenvalue weighted by Crippen LogP contribution is -2.21. The molecule has 0 aliphatic rings. The van der Waals surface area contributed by atoms with Crippen LogP contribution >= 0.6 is 11.6 Å². The van der Waals surface area contributed by atoms with E-state index in [-0.39, 0.29) is 0 Å². The van der Waals surface area contributed by atoms with Crippen LogP contribution in [0.25, 0.3) is 10.8 Å². The molecule has 0 radical (unpaired) electrons. The van der Waals surface area contributed by atoms with Crippen LogP contribution in [0, 0.1) is 6.92 Å². The van der Waals surface area contributed by atoms with Gasteiger partial charge in [-0.2, -0.15) is 0 Å². The number of fused-ring (bicyclic) bond motifs is 1. The number of aryl methyl sites for hydroxylation is 1. The zero-order valence-electron chi connectivity index (χ0n) is 9.07. The van der Waals surface area contributed by atoms with Gasteiger partial charge in [-0.15, -0.1) is 0 Å². The van der Waals surface area contributed by atoms with E-state index in [1.165, 1.54) is 0 Å². The summed E-state index contributed by atoms with van der Waals surface area (Å²) in [5, 5.41) is 12.2. The van der Waals surface area contributed by atoms with Crippen LogP contribution in [-0.4, -0.2) is 11.3 Å². The molecule has 2 rings (SSSR count). The monoisotopic (exact) mass is 235 g/mol. The molecular formula is C13H14ClNO. The first-order valence-electron chi connectivity index (χ1n) is 5.19. The third kappa shape index (κ3) is 2.35. The van der Waals surface area contributed by atoms with Crippen LogP contribution in [0.3, 0.4) is 0 Å². The summed E-state index contributed by atoms with van der Waals surface area (Å²) in [6, 6.07) is 9.91. The number of aliphatic hydroxyl groups excluding tert-OH is 1. The molecule has 1 atom stereocenters. The molecule has 0 spiro atoms. The molecule has 16 heavy (non-hydrogen) atoms. The fraction of sp³-hybridized carbons (Fsp3) is 0.231. The molecule has 2 aromatic rings. The van der Waals surface area contributed by atoms with Gasteiger partial charge in [-0.1, -0.05) is 29.8 Å². The van der Waals surface area contributed by atoms with E-state index < -0.39 is 6.23 Å². The Kier molecular flexibility index (Phi) is 3.15.